The molecule has 2 heterocycles. The van der Waals surface area contributed by atoms with Gasteiger partial charge in [0.15, 0.2) is 0 Å². The van der Waals surface area contributed by atoms with E-state index in [0.717, 1.165) is 13.1 Å². The fraction of sp³-hybridized carbons (Fsp3) is 0.273. The normalized spacial score (nSPS) is 10.4. The zero-order valence-electron chi connectivity index (χ0n) is 9.80. The standard InChI is InChI=1S/C11H17N6/c1-16-4-5-17(8-16)3-2-14-11-10(13)6-9(12)7-15-11/h4-8H,2-3,12-13H2,1H3,(H,14,15)/q+1. The summed E-state index contributed by atoms with van der Waals surface area (Å²) >= 11 is 0. The number of nitrogens with zero attached hydrogens (tertiary/aromatic N) is 3. The number of hydrogen-bond donors (Lipinski definition) is 3. The van der Waals surface area contributed by atoms with Crippen LogP contribution in [0.1, 0.15) is 0 Å². The third-order valence-electron chi connectivity index (χ3n) is 2.42. The third kappa shape index (κ3) is 2.87. The number of imidazole rings is 1. The third-order valence-corrected chi connectivity index (χ3v) is 2.42. The molecule has 6 heteroatoms. The Morgan fingerprint density at radius 3 is 2.94 bits per heavy atom. The summed E-state index contributed by atoms with van der Waals surface area (Å²) in [6.45, 7) is 1.61. The van der Waals surface area contributed by atoms with Gasteiger partial charge in [0.1, 0.15) is 24.8 Å². The molecule has 0 radical (unpaired) electrons. The molecule has 17 heavy (non-hydrogen) atoms. The van der Waals surface area contributed by atoms with Crippen LogP contribution in [0.15, 0.2) is 31.0 Å². The Morgan fingerprint density at radius 1 is 1.47 bits per heavy atom. The second-order valence-electron chi connectivity index (χ2n) is 3.95. The summed E-state index contributed by atoms with van der Waals surface area (Å²) in [5, 5.41) is 3.18. The first-order valence-electron chi connectivity index (χ1n) is 5.41. The molecule has 0 aromatic carbocycles. The molecule has 0 fully saturated rings. The molecule has 90 valence electrons. The van der Waals surface area contributed by atoms with E-state index in [2.05, 4.69) is 14.9 Å². The van der Waals surface area contributed by atoms with Gasteiger partial charge < -0.3 is 16.8 Å². The molecular weight excluding hydrogens is 216 g/mol. The molecule has 0 aliphatic rings. The Labute approximate surface area is 99.9 Å². The largest absolute Gasteiger partial charge is 0.397 e. The Kier molecular flexibility index (Phi) is 3.13. The van der Waals surface area contributed by atoms with Crippen LogP contribution in [0.3, 0.4) is 0 Å². The van der Waals surface area contributed by atoms with Crippen molar-refractivity contribution in [2.75, 3.05) is 23.3 Å². The topological polar surface area (TPSA) is 85.8 Å². The SMILES string of the molecule is C[n+]1ccn(CCNc2ncc(N)cc2N)c1. The maximum absolute atomic E-state index is 5.79. The average molecular weight is 233 g/mol. The van der Waals surface area contributed by atoms with Gasteiger partial charge in [0.25, 0.3) is 0 Å². The molecule has 0 amide bonds. The van der Waals surface area contributed by atoms with Crippen LogP contribution in [0, 0.1) is 0 Å². The lowest BCUT2D eigenvalue weighted by Gasteiger charge is -2.07. The van der Waals surface area contributed by atoms with Crippen LogP contribution in [-0.4, -0.2) is 16.1 Å². The van der Waals surface area contributed by atoms with Gasteiger partial charge in [-0.15, -0.1) is 0 Å². The summed E-state index contributed by atoms with van der Waals surface area (Å²) in [5.41, 5.74) is 12.5. The van der Waals surface area contributed by atoms with Gasteiger partial charge >= 0.3 is 0 Å². The monoisotopic (exact) mass is 233 g/mol. The molecule has 0 saturated heterocycles. The van der Waals surface area contributed by atoms with Gasteiger partial charge in [-0.1, -0.05) is 0 Å². The van der Waals surface area contributed by atoms with Crippen molar-refractivity contribution in [3.8, 4) is 0 Å². The van der Waals surface area contributed by atoms with Crippen LogP contribution >= 0.6 is 0 Å². The van der Waals surface area contributed by atoms with E-state index in [4.69, 9.17) is 11.5 Å². The number of pyridine rings is 1. The second kappa shape index (κ2) is 4.73. The summed E-state index contributed by atoms with van der Waals surface area (Å²) in [6.07, 6.45) is 7.62. The molecule has 2 aromatic rings. The van der Waals surface area contributed by atoms with Crippen molar-refractivity contribution in [2.24, 2.45) is 7.05 Å². The molecule has 0 saturated carbocycles. The van der Waals surface area contributed by atoms with E-state index in [1.165, 1.54) is 0 Å². The zero-order chi connectivity index (χ0) is 12.3. The smallest absolute Gasteiger partial charge is 0.243 e. The van der Waals surface area contributed by atoms with Crippen molar-refractivity contribution in [1.29, 1.82) is 0 Å². The highest BCUT2D eigenvalue weighted by molar-refractivity contribution is 5.65. The highest BCUT2D eigenvalue weighted by atomic mass is 15.1. The molecule has 6 nitrogen and oxygen atoms in total. The van der Waals surface area contributed by atoms with Gasteiger partial charge in [0.2, 0.25) is 6.33 Å². The Bertz CT molecular complexity index is 504. The Hall–Kier alpha value is -2.24. The second-order valence-corrected chi connectivity index (χ2v) is 3.95. The molecule has 0 bridgehead atoms. The lowest BCUT2D eigenvalue weighted by molar-refractivity contribution is -0.671. The van der Waals surface area contributed by atoms with Crippen molar-refractivity contribution in [3.05, 3.63) is 31.0 Å². The Morgan fingerprint density at radius 2 is 2.29 bits per heavy atom. The lowest BCUT2D eigenvalue weighted by atomic mass is 10.3. The number of anilines is 3. The maximum atomic E-state index is 5.79. The maximum Gasteiger partial charge on any atom is 0.243 e. The fourth-order valence-corrected chi connectivity index (χ4v) is 1.58. The van der Waals surface area contributed by atoms with Crippen LogP contribution in [0.2, 0.25) is 0 Å². The summed E-state index contributed by atoms with van der Waals surface area (Å²) in [5.74, 6) is 0.677. The first-order chi connectivity index (χ1) is 8.15. The van der Waals surface area contributed by atoms with Crippen molar-refractivity contribution >= 4 is 17.2 Å². The van der Waals surface area contributed by atoms with Crippen LogP contribution in [0.5, 0.6) is 0 Å². The molecule has 2 aromatic heterocycles. The van der Waals surface area contributed by atoms with E-state index in [9.17, 15) is 0 Å². The predicted molar refractivity (Wildman–Crippen MR) is 67.2 cm³/mol. The van der Waals surface area contributed by atoms with E-state index in [1.54, 1.807) is 12.3 Å². The molecule has 2 rings (SSSR count). The predicted octanol–water partition coefficient (Wildman–Crippen LogP) is -0.0159. The minimum atomic E-state index is 0.572. The van der Waals surface area contributed by atoms with Crippen LogP contribution in [0.4, 0.5) is 17.2 Å². The molecule has 5 N–H and O–H groups in total. The fourth-order valence-electron chi connectivity index (χ4n) is 1.58. The van der Waals surface area contributed by atoms with Crippen LogP contribution in [-0.2, 0) is 13.6 Å². The van der Waals surface area contributed by atoms with E-state index in [-0.39, 0.29) is 0 Å². The van der Waals surface area contributed by atoms with E-state index >= 15 is 0 Å². The highest BCUT2D eigenvalue weighted by Crippen LogP contribution is 2.16. The van der Waals surface area contributed by atoms with E-state index in [0.29, 0.717) is 17.2 Å². The van der Waals surface area contributed by atoms with Gasteiger partial charge in [-0.2, -0.15) is 0 Å². The van der Waals surface area contributed by atoms with Gasteiger partial charge in [0.05, 0.1) is 31.2 Å². The molecule has 0 unspecified atom stereocenters. The highest BCUT2D eigenvalue weighted by Gasteiger charge is 2.02. The minimum absolute atomic E-state index is 0.572. The molecule has 0 atom stereocenters. The molecule has 0 aliphatic carbocycles. The van der Waals surface area contributed by atoms with Crippen LogP contribution < -0.4 is 21.4 Å². The quantitative estimate of drug-likeness (QED) is 0.648. The van der Waals surface area contributed by atoms with Gasteiger partial charge in [-0.3, -0.25) is 0 Å². The molecule has 0 aliphatic heterocycles. The Balaban J connectivity index is 1.90. The molecule has 0 spiro atoms. The summed E-state index contributed by atoms with van der Waals surface area (Å²) in [7, 11) is 1.99. The van der Waals surface area contributed by atoms with Gasteiger partial charge in [-0.05, 0) is 6.07 Å². The van der Waals surface area contributed by atoms with Gasteiger partial charge in [0, 0.05) is 0 Å². The molecular formula is C11H17N6+. The summed E-state index contributed by atoms with van der Waals surface area (Å²) in [4.78, 5) is 4.14. The van der Waals surface area contributed by atoms with Gasteiger partial charge in [-0.25, -0.2) is 14.1 Å². The van der Waals surface area contributed by atoms with Crippen molar-refractivity contribution in [1.82, 2.24) is 9.55 Å². The average Bonchev–Trinajstić information content (AvgIpc) is 2.68. The first-order valence-corrected chi connectivity index (χ1v) is 5.41. The number of rotatable bonds is 4. The number of aryl methyl sites for hydroxylation is 1. The van der Waals surface area contributed by atoms with E-state index < -0.39 is 0 Å². The lowest BCUT2D eigenvalue weighted by Crippen LogP contribution is -2.24. The van der Waals surface area contributed by atoms with Crippen molar-refractivity contribution in [2.45, 2.75) is 6.54 Å². The van der Waals surface area contributed by atoms with Crippen molar-refractivity contribution in [3.63, 3.8) is 0 Å². The number of aromatic nitrogens is 3. The first kappa shape index (κ1) is 11.3. The van der Waals surface area contributed by atoms with E-state index in [1.807, 2.05) is 30.3 Å². The van der Waals surface area contributed by atoms with Crippen LogP contribution in [0.25, 0.3) is 0 Å². The number of nitrogens with two attached hydrogens (primary N) is 2. The van der Waals surface area contributed by atoms with Crippen molar-refractivity contribution < 1.29 is 4.57 Å². The number of nitrogen functional groups attached to an aromatic ring is 2. The zero-order valence-corrected chi connectivity index (χ0v) is 9.80. The minimum Gasteiger partial charge on any atom is -0.397 e. The summed E-state index contributed by atoms with van der Waals surface area (Å²) in [6, 6.07) is 1.70. The number of hydrogen-bond acceptors (Lipinski definition) is 4. The number of nitrogens with one attached hydrogen (secondary N) is 1. The summed E-state index contributed by atoms with van der Waals surface area (Å²) < 4.78 is 4.08.